The zero-order valence-corrected chi connectivity index (χ0v) is 11.2. The van der Waals surface area contributed by atoms with Crippen LogP contribution in [0.5, 0.6) is 0 Å². The molecule has 0 bridgehead atoms. The van der Waals surface area contributed by atoms with Gasteiger partial charge in [0.2, 0.25) is 5.91 Å². The fourth-order valence-electron chi connectivity index (χ4n) is 2.61. The van der Waals surface area contributed by atoms with Crippen LogP contribution in [0, 0.1) is 0 Å². The lowest BCUT2D eigenvalue weighted by Gasteiger charge is -2.25. The molecule has 3 heterocycles. The quantitative estimate of drug-likeness (QED) is 0.869. The molecular weight excluding hydrogens is 264 g/mol. The number of nitrogens with one attached hydrogen (secondary N) is 1. The molecule has 1 fully saturated rings. The van der Waals surface area contributed by atoms with Gasteiger partial charge in [-0.05, 0) is 18.9 Å². The molecule has 0 aromatic carbocycles. The Morgan fingerprint density at radius 3 is 3.21 bits per heavy atom. The van der Waals surface area contributed by atoms with Crippen LogP contribution in [0.25, 0.3) is 11.0 Å². The smallest absolute Gasteiger partial charge is 0.243 e. The fraction of sp³-hybridized carbons (Fsp3) is 0.462. The van der Waals surface area contributed by atoms with Crippen LogP contribution in [-0.2, 0) is 11.2 Å². The van der Waals surface area contributed by atoms with E-state index in [2.05, 4.69) is 15.3 Å². The molecule has 100 valence electrons. The number of fused-ring (bicyclic) bond motifs is 1. The van der Waals surface area contributed by atoms with Crippen molar-refractivity contribution in [3.63, 3.8) is 0 Å². The van der Waals surface area contributed by atoms with Gasteiger partial charge in [-0.15, -0.1) is 11.6 Å². The number of amides is 1. The molecule has 0 aliphatic carbocycles. The Labute approximate surface area is 116 Å². The van der Waals surface area contributed by atoms with Gasteiger partial charge in [0, 0.05) is 25.0 Å². The van der Waals surface area contributed by atoms with Crippen molar-refractivity contribution in [2.45, 2.75) is 25.3 Å². The van der Waals surface area contributed by atoms with E-state index in [0.29, 0.717) is 12.3 Å². The van der Waals surface area contributed by atoms with Gasteiger partial charge in [0.05, 0.1) is 11.7 Å². The highest BCUT2D eigenvalue weighted by molar-refractivity contribution is 6.17. The molecule has 1 aliphatic rings. The Balaban J connectivity index is 2.13. The molecule has 1 unspecified atom stereocenters. The minimum absolute atomic E-state index is 0.0678. The summed E-state index contributed by atoms with van der Waals surface area (Å²) >= 11 is 5.84. The van der Waals surface area contributed by atoms with E-state index in [1.54, 1.807) is 12.4 Å². The van der Waals surface area contributed by atoms with Crippen molar-refractivity contribution in [2.75, 3.05) is 12.4 Å². The molecule has 5 nitrogen and oxygen atoms in total. The van der Waals surface area contributed by atoms with Crippen molar-refractivity contribution in [3.8, 4) is 0 Å². The lowest BCUT2D eigenvalue weighted by atomic mass is 10.1. The van der Waals surface area contributed by atoms with Crippen LogP contribution in [-0.4, -0.2) is 32.9 Å². The van der Waals surface area contributed by atoms with E-state index < -0.39 is 0 Å². The molecular formula is C13H15ClN4O. The number of halogens is 1. The van der Waals surface area contributed by atoms with Gasteiger partial charge in [0.15, 0.2) is 0 Å². The predicted molar refractivity (Wildman–Crippen MR) is 73.2 cm³/mol. The van der Waals surface area contributed by atoms with Gasteiger partial charge in [-0.25, -0.2) is 4.98 Å². The van der Waals surface area contributed by atoms with Crippen LogP contribution < -0.4 is 5.32 Å². The molecule has 1 saturated heterocycles. The van der Waals surface area contributed by atoms with Gasteiger partial charge in [-0.1, -0.05) is 0 Å². The summed E-state index contributed by atoms with van der Waals surface area (Å²) in [6.45, 7) is 0.758. The highest BCUT2D eigenvalue weighted by Crippen LogP contribution is 2.26. The number of carbonyl (C=O) groups excluding carboxylic acids is 1. The number of aryl methyl sites for hydroxylation is 1. The van der Waals surface area contributed by atoms with Gasteiger partial charge in [0.25, 0.3) is 0 Å². The summed E-state index contributed by atoms with van der Waals surface area (Å²) in [5.41, 5.74) is 1.78. The second-order valence-electron chi connectivity index (χ2n) is 4.65. The lowest BCUT2D eigenvalue weighted by molar-refractivity contribution is -0.125. The predicted octanol–water partition coefficient (Wildman–Crippen LogP) is 1.66. The van der Waals surface area contributed by atoms with Crippen LogP contribution in [0.1, 0.15) is 24.7 Å². The van der Waals surface area contributed by atoms with Gasteiger partial charge in [0.1, 0.15) is 17.4 Å². The first-order valence-corrected chi connectivity index (χ1v) is 6.99. The number of pyridine rings is 1. The van der Waals surface area contributed by atoms with E-state index in [4.69, 9.17) is 11.6 Å². The fourth-order valence-corrected chi connectivity index (χ4v) is 2.78. The number of hydrogen-bond donors (Lipinski definition) is 1. The number of piperidine rings is 1. The van der Waals surface area contributed by atoms with Crippen molar-refractivity contribution in [3.05, 3.63) is 24.3 Å². The maximum atomic E-state index is 12.1. The third kappa shape index (κ3) is 2.18. The van der Waals surface area contributed by atoms with E-state index >= 15 is 0 Å². The summed E-state index contributed by atoms with van der Waals surface area (Å²) in [6, 6.07) is 1.72. The third-order valence-electron chi connectivity index (χ3n) is 3.45. The first-order valence-electron chi connectivity index (χ1n) is 6.46. The van der Waals surface area contributed by atoms with Gasteiger partial charge in [-0.3, -0.25) is 9.78 Å². The molecule has 1 aliphatic heterocycles. The van der Waals surface area contributed by atoms with Crippen LogP contribution in [0.15, 0.2) is 18.5 Å². The number of rotatable bonds is 3. The van der Waals surface area contributed by atoms with E-state index in [0.717, 1.165) is 36.2 Å². The minimum atomic E-state index is -0.181. The molecule has 0 radical (unpaired) electrons. The summed E-state index contributed by atoms with van der Waals surface area (Å²) < 4.78 is 2.02. The first kappa shape index (κ1) is 12.4. The van der Waals surface area contributed by atoms with Crippen LogP contribution >= 0.6 is 11.6 Å². The van der Waals surface area contributed by atoms with Gasteiger partial charge in [-0.2, -0.15) is 0 Å². The zero-order valence-electron chi connectivity index (χ0n) is 10.5. The lowest BCUT2D eigenvalue weighted by Crippen LogP contribution is -2.38. The van der Waals surface area contributed by atoms with Crippen molar-refractivity contribution in [1.82, 2.24) is 19.9 Å². The summed E-state index contributed by atoms with van der Waals surface area (Å²) in [5, 5.41) is 2.92. The number of nitrogens with zero attached hydrogens (tertiary/aromatic N) is 3. The number of imidazole rings is 1. The monoisotopic (exact) mass is 278 g/mol. The molecule has 0 saturated carbocycles. The van der Waals surface area contributed by atoms with E-state index in [9.17, 15) is 4.79 Å². The number of alkyl halides is 1. The van der Waals surface area contributed by atoms with E-state index in [1.807, 2.05) is 10.6 Å². The molecule has 1 amide bonds. The molecule has 2 aromatic rings. The maximum Gasteiger partial charge on any atom is 0.243 e. The topological polar surface area (TPSA) is 59.8 Å². The second-order valence-corrected chi connectivity index (χ2v) is 5.03. The molecule has 2 aromatic heterocycles. The SMILES string of the molecule is O=C1NCCCC1n1c(CCCl)nc2cnccc21. The summed E-state index contributed by atoms with van der Waals surface area (Å²) in [7, 11) is 0. The molecule has 1 atom stereocenters. The molecule has 0 spiro atoms. The maximum absolute atomic E-state index is 12.1. The Bertz CT molecular complexity index is 610. The Kier molecular flexibility index (Phi) is 3.38. The molecule has 1 N–H and O–H groups in total. The first-order chi connectivity index (χ1) is 9.31. The highest BCUT2D eigenvalue weighted by Gasteiger charge is 2.27. The molecule has 6 heteroatoms. The Morgan fingerprint density at radius 2 is 2.42 bits per heavy atom. The summed E-state index contributed by atoms with van der Waals surface area (Å²) in [6.07, 6.45) is 5.94. The number of hydrogen-bond acceptors (Lipinski definition) is 3. The number of carbonyl (C=O) groups is 1. The third-order valence-corrected chi connectivity index (χ3v) is 3.64. The summed E-state index contributed by atoms with van der Waals surface area (Å²) in [4.78, 5) is 20.7. The number of aromatic nitrogens is 3. The van der Waals surface area contributed by atoms with Crippen LogP contribution in [0.4, 0.5) is 0 Å². The van der Waals surface area contributed by atoms with Crippen molar-refractivity contribution < 1.29 is 4.79 Å². The molecule has 3 rings (SSSR count). The van der Waals surface area contributed by atoms with Crippen LogP contribution in [0.3, 0.4) is 0 Å². The Morgan fingerprint density at radius 1 is 1.53 bits per heavy atom. The second kappa shape index (κ2) is 5.17. The normalized spacial score (nSPS) is 19.6. The van der Waals surface area contributed by atoms with Crippen molar-refractivity contribution in [1.29, 1.82) is 0 Å². The van der Waals surface area contributed by atoms with Crippen molar-refractivity contribution in [2.24, 2.45) is 0 Å². The zero-order chi connectivity index (χ0) is 13.2. The average molecular weight is 279 g/mol. The highest BCUT2D eigenvalue weighted by atomic mass is 35.5. The van der Waals surface area contributed by atoms with Gasteiger partial charge < -0.3 is 9.88 Å². The van der Waals surface area contributed by atoms with E-state index in [1.165, 1.54) is 0 Å². The van der Waals surface area contributed by atoms with Crippen LogP contribution in [0.2, 0.25) is 0 Å². The standard InChI is InChI=1S/C13H15ClN4O/c14-5-3-12-17-9-8-15-7-4-10(9)18(12)11-2-1-6-16-13(11)19/h4,7-8,11H,1-3,5-6H2,(H,16,19). The van der Waals surface area contributed by atoms with Gasteiger partial charge >= 0.3 is 0 Å². The molecule has 19 heavy (non-hydrogen) atoms. The average Bonchev–Trinajstić information content (AvgIpc) is 2.78. The Hall–Kier alpha value is -1.62. The minimum Gasteiger partial charge on any atom is -0.354 e. The summed E-state index contributed by atoms with van der Waals surface area (Å²) in [5.74, 6) is 1.42. The van der Waals surface area contributed by atoms with E-state index in [-0.39, 0.29) is 11.9 Å². The largest absolute Gasteiger partial charge is 0.354 e. The van der Waals surface area contributed by atoms with Crippen molar-refractivity contribution >= 4 is 28.5 Å².